The van der Waals surface area contributed by atoms with Crippen LogP contribution in [0.4, 0.5) is 0 Å². The Labute approximate surface area is 89.7 Å². The Morgan fingerprint density at radius 2 is 1.80 bits per heavy atom. The maximum absolute atomic E-state index is 9.45. The molecule has 2 aromatic carbocycles. The van der Waals surface area contributed by atoms with Gasteiger partial charge in [0.2, 0.25) is 0 Å². The summed E-state index contributed by atoms with van der Waals surface area (Å²) in [7, 11) is 0. The van der Waals surface area contributed by atoms with Crippen LogP contribution in [0.5, 0.6) is 0 Å². The third kappa shape index (κ3) is 1.92. The van der Waals surface area contributed by atoms with E-state index in [1.54, 1.807) is 6.92 Å². The lowest BCUT2D eigenvalue weighted by Gasteiger charge is -2.09. The van der Waals surface area contributed by atoms with Crippen molar-refractivity contribution < 1.29 is 5.11 Å². The van der Waals surface area contributed by atoms with E-state index in [2.05, 4.69) is 30.8 Å². The topological polar surface area (TPSA) is 20.2 Å². The highest BCUT2D eigenvalue weighted by Crippen LogP contribution is 2.21. The molecule has 2 rings (SSSR count). The van der Waals surface area contributed by atoms with Crippen molar-refractivity contribution in [1.29, 1.82) is 0 Å². The molecule has 0 spiro atoms. The van der Waals surface area contributed by atoms with Crippen LogP contribution in [0.2, 0.25) is 0 Å². The van der Waals surface area contributed by atoms with Gasteiger partial charge in [0, 0.05) is 0 Å². The van der Waals surface area contributed by atoms with Gasteiger partial charge in [0.05, 0.1) is 6.10 Å². The molecule has 0 saturated carbocycles. The molecule has 0 aliphatic heterocycles. The fraction of sp³-hybridized carbons (Fsp3) is 0.143. The van der Waals surface area contributed by atoms with Crippen molar-refractivity contribution in [1.82, 2.24) is 0 Å². The summed E-state index contributed by atoms with van der Waals surface area (Å²) < 4.78 is 0. The molecule has 0 unspecified atom stereocenters. The summed E-state index contributed by atoms with van der Waals surface area (Å²) in [6.07, 6.45) is -0.494. The molecule has 0 fully saturated rings. The summed E-state index contributed by atoms with van der Waals surface area (Å²) in [4.78, 5) is 0. The molecule has 1 N–H and O–H groups in total. The van der Waals surface area contributed by atoms with Gasteiger partial charge in [-0.3, -0.25) is 0 Å². The van der Waals surface area contributed by atoms with Crippen molar-refractivity contribution in [2.45, 2.75) is 13.0 Å². The van der Waals surface area contributed by atoms with Gasteiger partial charge in [-0.2, -0.15) is 0 Å². The standard InChI is InChI=1S/C14H14O/c1-10(11(2)15)13-8-7-12-5-3-4-6-14(12)9-13/h3-9,11,15H,1H2,2H3/t11-/m1/s1. The Balaban J connectivity index is 2.52. The quantitative estimate of drug-likeness (QED) is 0.785. The summed E-state index contributed by atoms with van der Waals surface area (Å²) in [5, 5.41) is 11.8. The average Bonchev–Trinajstić information content (AvgIpc) is 2.27. The van der Waals surface area contributed by atoms with Gasteiger partial charge >= 0.3 is 0 Å². The highest BCUT2D eigenvalue weighted by molar-refractivity contribution is 5.86. The lowest BCUT2D eigenvalue weighted by molar-refractivity contribution is 0.253. The first-order valence-electron chi connectivity index (χ1n) is 5.04. The van der Waals surface area contributed by atoms with Crippen LogP contribution in [0.3, 0.4) is 0 Å². The molecular weight excluding hydrogens is 184 g/mol. The van der Waals surface area contributed by atoms with Crippen LogP contribution in [-0.4, -0.2) is 11.2 Å². The molecule has 0 amide bonds. The average molecular weight is 198 g/mol. The van der Waals surface area contributed by atoms with Gasteiger partial charge in [-0.25, -0.2) is 0 Å². The summed E-state index contributed by atoms with van der Waals surface area (Å²) >= 11 is 0. The van der Waals surface area contributed by atoms with Gasteiger partial charge in [0.15, 0.2) is 0 Å². The monoisotopic (exact) mass is 198 g/mol. The molecule has 1 nitrogen and oxygen atoms in total. The van der Waals surface area contributed by atoms with E-state index in [-0.39, 0.29) is 0 Å². The molecular formula is C14H14O. The van der Waals surface area contributed by atoms with Gasteiger partial charge in [-0.15, -0.1) is 0 Å². The number of hydrogen-bond donors (Lipinski definition) is 1. The van der Waals surface area contributed by atoms with E-state index >= 15 is 0 Å². The van der Waals surface area contributed by atoms with Crippen LogP contribution >= 0.6 is 0 Å². The zero-order valence-electron chi connectivity index (χ0n) is 8.77. The van der Waals surface area contributed by atoms with Crippen LogP contribution in [-0.2, 0) is 0 Å². The number of aliphatic hydroxyl groups excluding tert-OH is 1. The second-order valence-corrected chi connectivity index (χ2v) is 3.76. The minimum atomic E-state index is -0.494. The summed E-state index contributed by atoms with van der Waals surface area (Å²) in [6.45, 7) is 5.61. The number of rotatable bonds is 2. The first kappa shape index (κ1) is 9.94. The minimum absolute atomic E-state index is 0.494. The van der Waals surface area contributed by atoms with Crippen molar-refractivity contribution >= 4 is 16.3 Å². The Morgan fingerprint density at radius 3 is 2.47 bits per heavy atom. The smallest absolute Gasteiger partial charge is 0.0762 e. The van der Waals surface area contributed by atoms with E-state index in [1.807, 2.05) is 18.2 Å². The van der Waals surface area contributed by atoms with Gasteiger partial charge in [0.25, 0.3) is 0 Å². The molecule has 76 valence electrons. The number of aliphatic hydroxyl groups is 1. The highest BCUT2D eigenvalue weighted by Gasteiger charge is 2.05. The lowest BCUT2D eigenvalue weighted by Crippen LogP contribution is -2.01. The van der Waals surface area contributed by atoms with Crippen LogP contribution in [0.1, 0.15) is 12.5 Å². The molecule has 15 heavy (non-hydrogen) atoms. The van der Waals surface area contributed by atoms with Crippen molar-refractivity contribution in [3.8, 4) is 0 Å². The summed E-state index contributed by atoms with van der Waals surface area (Å²) in [6, 6.07) is 14.3. The van der Waals surface area contributed by atoms with E-state index in [1.165, 1.54) is 10.8 Å². The van der Waals surface area contributed by atoms with Gasteiger partial charge in [-0.1, -0.05) is 43.0 Å². The van der Waals surface area contributed by atoms with Crippen molar-refractivity contribution in [2.24, 2.45) is 0 Å². The number of benzene rings is 2. The second kappa shape index (κ2) is 3.87. The zero-order valence-corrected chi connectivity index (χ0v) is 8.77. The van der Waals surface area contributed by atoms with Crippen molar-refractivity contribution in [3.05, 3.63) is 54.6 Å². The van der Waals surface area contributed by atoms with E-state index in [0.29, 0.717) is 0 Å². The van der Waals surface area contributed by atoms with Gasteiger partial charge < -0.3 is 5.11 Å². The third-order valence-electron chi connectivity index (χ3n) is 2.62. The maximum Gasteiger partial charge on any atom is 0.0762 e. The normalized spacial score (nSPS) is 12.7. The van der Waals surface area contributed by atoms with Crippen LogP contribution in [0.15, 0.2) is 49.0 Å². The first-order chi connectivity index (χ1) is 7.18. The second-order valence-electron chi connectivity index (χ2n) is 3.76. The Kier molecular flexibility index (Phi) is 2.57. The lowest BCUT2D eigenvalue weighted by atomic mass is 10.00. The maximum atomic E-state index is 9.45. The number of hydrogen-bond acceptors (Lipinski definition) is 1. The molecule has 1 heteroatoms. The predicted octanol–water partition coefficient (Wildman–Crippen LogP) is 3.23. The number of fused-ring (bicyclic) bond motifs is 1. The van der Waals surface area contributed by atoms with E-state index in [0.717, 1.165) is 11.1 Å². The predicted molar refractivity (Wildman–Crippen MR) is 64.7 cm³/mol. The summed E-state index contributed by atoms with van der Waals surface area (Å²) in [5.41, 5.74) is 1.77. The fourth-order valence-corrected chi connectivity index (χ4v) is 1.63. The molecule has 0 aliphatic carbocycles. The Bertz CT molecular complexity index is 497. The van der Waals surface area contributed by atoms with Gasteiger partial charge in [0.1, 0.15) is 0 Å². The van der Waals surface area contributed by atoms with E-state index in [9.17, 15) is 5.11 Å². The molecule has 0 saturated heterocycles. The van der Waals surface area contributed by atoms with Crippen LogP contribution in [0, 0.1) is 0 Å². The minimum Gasteiger partial charge on any atom is -0.389 e. The Morgan fingerprint density at radius 1 is 1.13 bits per heavy atom. The zero-order chi connectivity index (χ0) is 10.8. The first-order valence-corrected chi connectivity index (χ1v) is 5.04. The SMILES string of the molecule is C=C(c1ccc2ccccc2c1)[C@@H](C)O. The molecule has 0 bridgehead atoms. The van der Waals surface area contributed by atoms with Crippen molar-refractivity contribution in [2.75, 3.05) is 0 Å². The molecule has 0 heterocycles. The largest absolute Gasteiger partial charge is 0.389 e. The van der Waals surface area contributed by atoms with E-state index < -0.39 is 6.10 Å². The molecule has 0 aliphatic rings. The van der Waals surface area contributed by atoms with Crippen LogP contribution in [0.25, 0.3) is 16.3 Å². The Hall–Kier alpha value is -1.60. The third-order valence-corrected chi connectivity index (χ3v) is 2.62. The molecule has 0 radical (unpaired) electrons. The van der Waals surface area contributed by atoms with Gasteiger partial charge in [-0.05, 0) is 34.9 Å². The highest BCUT2D eigenvalue weighted by atomic mass is 16.3. The molecule has 0 aromatic heterocycles. The summed E-state index contributed by atoms with van der Waals surface area (Å²) in [5.74, 6) is 0. The van der Waals surface area contributed by atoms with Crippen LogP contribution < -0.4 is 0 Å². The fourth-order valence-electron chi connectivity index (χ4n) is 1.63. The molecule has 1 atom stereocenters. The van der Waals surface area contributed by atoms with E-state index in [4.69, 9.17) is 0 Å². The molecule has 2 aromatic rings. The van der Waals surface area contributed by atoms with Crippen molar-refractivity contribution in [3.63, 3.8) is 0 Å².